The lowest BCUT2D eigenvalue weighted by Gasteiger charge is -2.10. The molecule has 0 fully saturated rings. The van der Waals surface area contributed by atoms with Crippen LogP contribution in [0.2, 0.25) is 5.02 Å². The first kappa shape index (κ1) is 14.9. The van der Waals surface area contributed by atoms with Gasteiger partial charge in [0.2, 0.25) is 0 Å². The molecule has 0 bridgehead atoms. The highest BCUT2D eigenvalue weighted by atomic mass is 35.5. The van der Waals surface area contributed by atoms with Crippen molar-refractivity contribution in [2.45, 2.75) is 26.4 Å². The highest BCUT2D eigenvalue weighted by molar-refractivity contribution is 6.31. The van der Waals surface area contributed by atoms with Crippen molar-refractivity contribution in [3.05, 3.63) is 52.3 Å². The summed E-state index contributed by atoms with van der Waals surface area (Å²) in [6, 6.07) is 7.18. The normalized spacial score (nSPS) is 11.2. The van der Waals surface area contributed by atoms with E-state index in [1.807, 2.05) is 19.1 Å². The standard InChI is InChI=1S/C14H16ClF2N3/c1-2-18-7-11-8-19-20(13(11)14(16)17)9-10-5-3-4-6-12(10)15/h3-6,8,14,18H,2,7,9H2,1H3. The van der Waals surface area contributed by atoms with Gasteiger partial charge in [-0.25, -0.2) is 8.78 Å². The van der Waals surface area contributed by atoms with Crippen LogP contribution in [0.15, 0.2) is 30.5 Å². The lowest BCUT2D eigenvalue weighted by atomic mass is 10.2. The number of alkyl halides is 2. The molecule has 1 N–H and O–H groups in total. The largest absolute Gasteiger partial charge is 0.313 e. The summed E-state index contributed by atoms with van der Waals surface area (Å²) in [4.78, 5) is 0. The lowest BCUT2D eigenvalue weighted by Crippen LogP contribution is -2.14. The second-order valence-electron chi connectivity index (χ2n) is 4.39. The van der Waals surface area contributed by atoms with E-state index in [1.165, 1.54) is 10.9 Å². The minimum atomic E-state index is -2.56. The summed E-state index contributed by atoms with van der Waals surface area (Å²) < 4.78 is 27.8. The zero-order chi connectivity index (χ0) is 14.5. The maximum atomic E-state index is 13.2. The summed E-state index contributed by atoms with van der Waals surface area (Å²) in [5, 5.41) is 7.65. The molecule has 0 unspecified atom stereocenters. The maximum absolute atomic E-state index is 13.2. The molecule has 6 heteroatoms. The second-order valence-corrected chi connectivity index (χ2v) is 4.79. The van der Waals surface area contributed by atoms with E-state index >= 15 is 0 Å². The molecule has 20 heavy (non-hydrogen) atoms. The fourth-order valence-electron chi connectivity index (χ4n) is 2.00. The zero-order valence-corrected chi connectivity index (χ0v) is 11.9. The van der Waals surface area contributed by atoms with Crippen LogP contribution in [0.25, 0.3) is 0 Å². The lowest BCUT2D eigenvalue weighted by molar-refractivity contribution is 0.138. The number of aromatic nitrogens is 2. The molecular formula is C14H16ClF2N3. The van der Waals surface area contributed by atoms with Crippen LogP contribution in [0.1, 0.15) is 30.2 Å². The molecular weight excluding hydrogens is 284 g/mol. The Labute approximate surface area is 121 Å². The quantitative estimate of drug-likeness (QED) is 0.882. The third-order valence-corrected chi connectivity index (χ3v) is 3.38. The second kappa shape index (κ2) is 6.81. The van der Waals surface area contributed by atoms with E-state index in [-0.39, 0.29) is 12.2 Å². The first-order chi connectivity index (χ1) is 9.63. The molecule has 2 rings (SSSR count). The van der Waals surface area contributed by atoms with Crippen molar-refractivity contribution in [2.24, 2.45) is 0 Å². The average molecular weight is 300 g/mol. The molecule has 0 saturated heterocycles. The Morgan fingerprint density at radius 2 is 2.05 bits per heavy atom. The Hall–Kier alpha value is -1.46. The summed E-state index contributed by atoms with van der Waals surface area (Å²) in [6.45, 7) is 3.28. The van der Waals surface area contributed by atoms with Crippen LogP contribution in [0.5, 0.6) is 0 Å². The van der Waals surface area contributed by atoms with Crippen molar-refractivity contribution in [1.29, 1.82) is 0 Å². The molecule has 0 radical (unpaired) electrons. The average Bonchev–Trinajstić information content (AvgIpc) is 2.82. The van der Waals surface area contributed by atoms with Gasteiger partial charge in [-0.05, 0) is 18.2 Å². The molecule has 2 aromatic rings. The summed E-state index contributed by atoms with van der Waals surface area (Å²) >= 11 is 6.06. The molecule has 0 aliphatic carbocycles. The Bertz CT molecular complexity index is 569. The van der Waals surface area contributed by atoms with Gasteiger partial charge in [0.25, 0.3) is 6.43 Å². The molecule has 3 nitrogen and oxygen atoms in total. The van der Waals surface area contributed by atoms with E-state index in [2.05, 4.69) is 10.4 Å². The number of benzene rings is 1. The predicted molar refractivity (Wildman–Crippen MR) is 75.1 cm³/mol. The molecule has 0 aliphatic rings. The fraction of sp³-hybridized carbons (Fsp3) is 0.357. The Morgan fingerprint density at radius 3 is 2.70 bits per heavy atom. The topological polar surface area (TPSA) is 29.9 Å². The van der Waals surface area contributed by atoms with E-state index in [9.17, 15) is 8.78 Å². The third kappa shape index (κ3) is 3.35. The van der Waals surface area contributed by atoms with Crippen LogP contribution in [0, 0.1) is 0 Å². The third-order valence-electron chi connectivity index (χ3n) is 3.01. The van der Waals surface area contributed by atoms with E-state index in [4.69, 9.17) is 11.6 Å². The van der Waals surface area contributed by atoms with E-state index in [0.29, 0.717) is 17.1 Å². The van der Waals surface area contributed by atoms with Crippen molar-refractivity contribution < 1.29 is 8.78 Å². The summed E-state index contributed by atoms with van der Waals surface area (Å²) in [5.41, 5.74) is 1.24. The van der Waals surface area contributed by atoms with Gasteiger partial charge in [0.15, 0.2) is 0 Å². The molecule has 0 spiro atoms. The Kier molecular flexibility index (Phi) is 5.09. The number of nitrogens with one attached hydrogen (secondary N) is 1. The van der Waals surface area contributed by atoms with Gasteiger partial charge in [0, 0.05) is 17.1 Å². The molecule has 0 amide bonds. The maximum Gasteiger partial charge on any atom is 0.280 e. The number of nitrogens with zero attached hydrogens (tertiary/aromatic N) is 2. The smallest absolute Gasteiger partial charge is 0.280 e. The first-order valence-corrected chi connectivity index (χ1v) is 6.78. The minimum Gasteiger partial charge on any atom is -0.313 e. The van der Waals surface area contributed by atoms with Crippen LogP contribution in [0.3, 0.4) is 0 Å². The van der Waals surface area contributed by atoms with Crippen LogP contribution in [0.4, 0.5) is 8.78 Å². The van der Waals surface area contributed by atoms with Gasteiger partial charge in [-0.3, -0.25) is 4.68 Å². The number of hydrogen-bond donors (Lipinski definition) is 1. The number of halogens is 3. The zero-order valence-electron chi connectivity index (χ0n) is 11.1. The summed E-state index contributed by atoms with van der Waals surface area (Å²) in [6.07, 6.45) is -1.07. The predicted octanol–water partition coefficient (Wildman–Crippen LogP) is 3.63. The number of rotatable bonds is 6. The molecule has 108 valence electrons. The summed E-state index contributed by atoms with van der Waals surface area (Å²) in [5.74, 6) is 0. The highest BCUT2D eigenvalue weighted by Crippen LogP contribution is 2.25. The summed E-state index contributed by atoms with van der Waals surface area (Å²) in [7, 11) is 0. The van der Waals surface area contributed by atoms with Gasteiger partial charge >= 0.3 is 0 Å². The van der Waals surface area contributed by atoms with E-state index in [0.717, 1.165) is 12.1 Å². The Balaban J connectivity index is 2.28. The van der Waals surface area contributed by atoms with E-state index in [1.54, 1.807) is 12.1 Å². The van der Waals surface area contributed by atoms with Gasteiger partial charge in [-0.1, -0.05) is 36.7 Å². The van der Waals surface area contributed by atoms with Gasteiger partial charge in [-0.2, -0.15) is 5.10 Å². The van der Waals surface area contributed by atoms with Crippen molar-refractivity contribution in [3.63, 3.8) is 0 Å². The molecule has 0 atom stereocenters. The van der Waals surface area contributed by atoms with Gasteiger partial charge < -0.3 is 5.32 Å². The van der Waals surface area contributed by atoms with Crippen molar-refractivity contribution >= 4 is 11.6 Å². The molecule has 1 aromatic heterocycles. The Morgan fingerprint density at radius 1 is 1.30 bits per heavy atom. The van der Waals surface area contributed by atoms with Crippen LogP contribution in [-0.4, -0.2) is 16.3 Å². The molecule has 1 aromatic carbocycles. The minimum absolute atomic E-state index is 0.0501. The SMILES string of the molecule is CCNCc1cnn(Cc2ccccc2Cl)c1C(F)F. The van der Waals surface area contributed by atoms with Crippen LogP contribution in [-0.2, 0) is 13.1 Å². The molecule has 0 aliphatic heterocycles. The molecule has 0 saturated carbocycles. The molecule has 1 heterocycles. The van der Waals surface area contributed by atoms with Crippen molar-refractivity contribution in [2.75, 3.05) is 6.54 Å². The van der Waals surface area contributed by atoms with Crippen LogP contribution < -0.4 is 5.32 Å². The van der Waals surface area contributed by atoms with Gasteiger partial charge in [0.05, 0.1) is 12.7 Å². The highest BCUT2D eigenvalue weighted by Gasteiger charge is 2.20. The van der Waals surface area contributed by atoms with Crippen molar-refractivity contribution in [1.82, 2.24) is 15.1 Å². The monoisotopic (exact) mass is 299 g/mol. The van der Waals surface area contributed by atoms with Crippen molar-refractivity contribution in [3.8, 4) is 0 Å². The van der Waals surface area contributed by atoms with Gasteiger partial charge in [-0.15, -0.1) is 0 Å². The number of hydrogen-bond acceptors (Lipinski definition) is 2. The fourth-order valence-corrected chi connectivity index (χ4v) is 2.19. The van der Waals surface area contributed by atoms with Gasteiger partial charge in [0.1, 0.15) is 5.69 Å². The van der Waals surface area contributed by atoms with Crippen LogP contribution >= 0.6 is 11.6 Å². The van der Waals surface area contributed by atoms with E-state index < -0.39 is 6.43 Å². The first-order valence-electron chi connectivity index (χ1n) is 6.40.